The molecule has 1 aromatic carbocycles. The van der Waals surface area contributed by atoms with Crippen molar-refractivity contribution < 1.29 is 4.39 Å². The molecule has 1 aromatic heterocycles. The van der Waals surface area contributed by atoms with Crippen molar-refractivity contribution in [1.29, 1.82) is 0 Å². The van der Waals surface area contributed by atoms with Crippen molar-refractivity contribution in [3.8, 4) is 11.8 Å². The third-order valence-corrected chi connectivity index (χ3v) is 3.31. The summed E-state index contributed by atoms with van der Waals surface area (Å²) in [5, 5.41) is 0. The predicted molar refractivity (Wildman–Crippen MR) is 96.0 cm³/mol. The molecule has 0 unspecified atom stereocenters. The lowest BCUT2D eigenvalue weighted by atomic mass is 10.1. The van der Waals surface area contributed by atoms with Gasteiger partial charge in [-0.1, -0.05) is 11.5 Å². The molecule has 2 rings (SSSR count). The molecule has 0 saturated heterocycles. The standard InChI is InChI=1S/C20H20FN3/c1-15(2)17(6-7-20-22-9-5-10-23-20)8-11-24(4)19-13-16(3)12-18(21)14-19/h5,8-14H,1-4H3/b11-8-. The van der Waals surface area contributed by atoms with E-state index >= 15 is 0 Å². The minimum absolute atomic E-state index is 0.242. The highest BCUT2D eigenvalue weighted by Gasteiger charge is 2.01. The molecule has 0 N–H and O–H groups in total. The third-order valence-electron chi connectivity index (χ3n) is 3.31. The Morgan fingerprint density at radius 2 is 1.88 bits per heavy atom. The van der Waals surface area contributed by atoms with Gasteiger partial charge in [-0.25, -0.2) is 14.4 Å². The van der Waals surface area contributed by atoms with Crippen molar-refractivity contribution >= 4 is 5.69 Å². The van der Waals surface area contributed by atoms with Gasteiger partial charge in [0.2, 0.25) is 5.82 Å². The highest BCUT2D eigenvalue weighted by molar-refractivity contribution is 5.52. The van der Waals surface area contributed by atoms with Crippen molar-refractivity contribution in [2.75, 3.05) is 11.9 Å². The molecule has 0 aliphatic heterocycles. The van der Waals surface area contributed by atoms with E-state index in [0.717, 1.165) is 22.4 Å². The Kier molecular flexibility index (Phi) is 5.86. The summed E-state index contributed by atoms with van der Waals surface area (Å²) >= 11 is 0. The first-order valence-electron chi connectivity index (χ1n) is 7.60. The van der Waals surface area contributed by atoms with Crippen LogP contribution in [0.4, 0.5) is 10.1 Å². The maximum Gasteiger partial charge on any atom is 0.205 e. The highest BCUT2D eigenvalue weighted by atomic mass is 19.1. The molecular formula is C20H20FN3. The fourth-order valence-electron chi connectivity index (χ4n) is 2.01. The van der Waals surface area contributed by atoms with E-state index in [4.69, 9.17) is 0 Å². The number of allylic oxidation sites excluding steroid dienone is 3. The molecule has 0 atom stereocenters. The van der Waals surface area contributed by atoms with Crippen molar-refractivity contribution in [2.45, 2.75) is 20.8 Å². The van der Waals surface area contributed by atoms with Crippen LogP contribution in [-0.2, 0) is 0 Å². The molecule has 3 nitrogen and oxygen atoms in total. The van der Waals surface area contributed by atoms with E-state index in [1.165, 1.54) is 12.1 Å². The lowest BCUT2D eigenvalue weighted by molar-refractivity contribution is 0.626. The van der Waals surface area contributed by atoms with Crippen molar-refractivity contribution in [2.24, 2.45) is 0 Å². The van der Waals surface area contributed by atoms with Crippen LogP contribution in [0.1, 0.15) is 25.2 Å². The van der Waals surface area contributed by atoms with Crippen LogP contribution in [0.25, 0.3) is 0 Å². The number of benzene rings is 1. The van der Waals surface area contributed by atoms with E-state index in [9.17, 15) is 4.39 Å². The normalized spacial score (nSPS) is 10.2. The monoisotopic (exact) mass is 321 g/mol. The number of anilines is 1. The van der Waals surface area contributed by atoms with Gasteiger partial charge in [0, 0.05) is 36.9 Å². The second-order valence-electron chi connectivity index (χ2n) is 5.65. The Hall–Kier alpha value is -2.93. The number of nitrogens with zero attached hydrogens (tertiary/aromatic N) is 3. The predicted octanol–water partition coefficient (Wildman–Crippen LogP) is 4.26. The molecule has 24 heavy (non-hydrogen) atoms. The zero-order valence-corrected chi connectivity index (χ0v) is 14.3. The molecular weight excluding hydrogens is 301 g/mol. The maximum atomic E-state index is 13.5. The first kappa shape index (κ1) is 17.4. The van der Waals surface area contributed by atoms with E-state index in [0.29, 0.717) is 5.82 Å². The van der Waals surface area contributed by atoms with Gasteiger partial charge in [0.05, 0.1) is 0 Å². The first-order chi connectivity index (χ1) is 11.5. The van der Waals surface area contributed by atoms with Crippen LogP contribution >= 0.6 is 0 Å². The van der Waals surface area contributed by atoms with Crippen LogP contribution in [0.2, 0.25) is 0 Å². The van der Waals surface area contributed by atoms with Crippen molar-refractivity contribution in [3.05, 3.63) is 77.3 Å². The molecule has 0 amide bonds. The average molecular weight is 321 g/mol. The van der Waals surface area contributed by atoms with Gasteiger partial charge in [-0.3, -0.25) is 0 Å². The molecule has 1 heterocycles. The summed E-state index contributed by atoms with van der Waals surface area (Å²) in [6, 6.07) is 6.69. The van der Waals surface area contributed by atoms with Gasteiger partial charge in [-0.05, 0) is 62.6 Å². The van der Waals surface area contributed by atoms with Gasteiger partial charge < -0.3 is 4.90 Å². The van der Waals surface area contributed by atoms with Crippen LogP contribution in [0.5, 0.6) is 0 Å². The van der Waals surface area contributed by atoms with Gasteiger partial charge in [0.15, 0.2) is 0 Å². The average Bonchev–Trinajstić information content (AvgIpc) is 2.54. The Bertz CT molecular complexity index is 803. The molecule has 0 bridgehead atoms. The zero-order chi connectivity index (χ0) is 17.5. The molecule has 0 saturated carbocycles. The second kappa shape index (κ2) is 8.07. The Morgan fingerprint density at radius 1 is 1.17 bits per heavy atom. The summed E-state index contributed by atoms with van der Waals surface area (Å²) in [4.78, 5) is 10.0. The number of halogens is 1. The molecule has 0 fully saturated rings. The van der Waals surface area contributed by atoms with Gasteiger partial charge in [-0.15, -0.1) is 0 Å². The molecule has 0 aliphatic carbocycles. The van der Waals surface area contributed by atoms with Gasteiger partial charge in [0.25, 0.3) is 0 Å². The maximum absolute atomic E-state index is 13.5. The lowest BCUT2D eigenvalue weighted by Crippen LogP contribution is -2.08. The fraction of sp³-hybridized carbons (Fsp3) is 0.200. The van der Waals surface area contributed by atoms with E-state index in [-0.39, 0.29) is 5.82 Å². The van der Waals surface area contributed by atoms with Gasteiger partial charge in [-0.2, -0.15) is 0 Å². The van der Waals surface area contributed by atoms with Gasteiger partial charge >= 0.3 is 0 Å². The SMILES string of the molecule is CC(C)=C(C#Cc1ncccn1)/C=C\N(C)c1cc(C)cc(F)c1. The number of aromatic nitrogens is 2. The summed E-state index contributed by atoms with van der Waals surface area (Å²) in [5.74, 6) is 6.27. The third kappa shape index (κ3) is 5.06. The largest absolute Gasteiger partial charge is 0.351 e. The van der Waals surface area contributed by atoms with Crippen LogP contribution < -0.4 is 4.90 Å². The molecule has 0 spiro atoms. The van der Waals surface area contributed by atoms with Crippen molar-refractivity contribution in [1.82, 2.24) is 9.97 Å². The van der Waals surface area contributed by atoms with E-state index in [2.05, 4.69) is 21.8 Å². The minimum atomic E-state index is -0.242. The summed E-state index contributed by atoms with van der Waals surface area (Å²) in [6.07, 6.45) is 7.10. The van der Waals surface area contributed by atoms with Crippen molar-refractivity contribution in [3.63, 3.8) is 0 Å². The Labute approximate surface area is 142 Å². The quantitative estimate of drug-likeness (QED) is 0.625. The van der Waals surface area contributed by atoms with E-state index in [1.54, 1.807) is 18.5 Å². The molecule has 0 radical (unpaired) electrons. The summed E-state index contributed by atoms with van der Waals surface area (Å²) in [5.41, 5.74) is 3.63. The highest BCUT2D eigenvalue weighted by Crippen LogP contribution is 2.18. The van der Waals surface area contributed by atoms with Gasteiger partial charge in [0.1, 0.15) is 5.82 Å². The topological polar surface area (TPSA) is 29.0 Å². The molecule has 122 valence electrons. The van der Waals surface area contributed by atoms with Crippen LogP contribution in [0.3, 0.4) is 0 Å². The van der Waals surface area contributed by atoms with Crippen LogP contribution in [0, 0.1) is 24.6 Å². The molecule has 4 heteroatoms. The number of hydrogen-bond donors (Lipinski definition) is 0. The Morgan fingerprint density at radius 3 is 2.50 bits per heavy atom. The fourth-order valence-corrected chi connectivity index (χ4v) is 2.01. The number of hydrogen-bond acceptors (Lipinski definition) is 3. The summed E-state index contributed by atoms with van der Waals surface area (Å²) in [6.45, 7) is 5.86. The lowest BCUT2D eigenvalue weighted by Gasteiger charge is -2.15. The number of aryl methyl sites for hydroxylation is 1. The zero-order valence-electron chi connectivity index (χ0n) is 14.3. The number of rotatable bonds is 3. The first-order valence-corrected chi connectivity index (χ1v) is 7.60. The Balaban J connectivity index is 2.20. The van der Waals surface area contributed by atoms with E-state index < -0.39 is 0 Å². The molecule has 2 aromatic rings. The smallest absolute Gasteiger partial charge is 0.205 e. The molecule has 0 aliphatic rings. The minimum Gasteiger partial charge on any atom is -0.351 e. The van der Waals surface area contributed by atoms with Crippen LogP contribution in [0.15, 0.2) is 60.1 Å². The van der Waals surface area contributed by atoms with E-state index in [1.807, 2.05) is 51.1 Å². The second-order valence-corrected chi connectivity index (χ2v) is 5.65. The summed E-state index contributed by atoms with van der Waals surface area (Å²) in [7, 11) is 1.88. The summed E-state index contributed by atoms with van der Waals surface area (Å²) < 4.78 is 13.5. The van der Waals surface area contributed by atoms with Crippen LogP contribution in [-0.4, -0.2) is 17.0 Å².